The normalized spacial score (nSPS) is 11.7. The summed E-state index contributed by atoms with van der Waals surface area (Å²) in [6, 6.07) is 3.04. The number of aryl methyl sites for hydroxylation is 1. The molecule has 0 aliphatic rings. The van der Waals surface area contributed by atoms with Crippen LogP contribution in [0.4, 0.5) is 5.82 Å². The molecule has 0 fully saturated rings. The lowest BCUT2D eigenvalue weighted by molar-refractivity contribution is -0.136. The van der Waals surface area contributed by atoms with Crippen molar-refractivity contribution in [2.75, 3.05) is 11.9 Å². The molecule has 1 rings (SSSR count). The zero-order valence-corrected chi connectivity index (χ0v) is 10.4. The summed E-state index contributed by atoms with van der Waals surface area (Å²) in [5, 5.41) is 13.7. The van der Waals surface area contributed by atoms with E-state index in [9.17, 15) is 9.59 Å². The molecule has 0 aromatic carbocycles. The van der Waals surface area contributed by atoms with Crippen LogP contribution in [0.25, 0.3) is 0 Å². The van der Waals surface area contributed by atoms with Gasteiger partial charge in [-0.1, -0.05) is 6.92 Å². The highest BCUT2D eigenvalue weighted by Crippen LogP contribution is 2.04. The van der Waals surface area contributed by atoms with Crippen molar-refractivity contribution in [3.8, 4) is 0 Å². The summed E-state index contributed by atoms with van der Waals surface area (Å²) >= 11 is 0. The van der Waals surface area contributed by atoms with Gasteiger partial charge in [0, 0.05) is 6.20 Å². The molecular formula is C12H17N3O3. The molecule has 98 valence electrons. The van der Waals surface area contributed by atoms with Crippen molar-refractivity contribution in [2.45, 2.75) is 26.3 Å². The SMILES string of the molecule is CCC(CO)NC(=O)C(=O)Nc1cc(C)ccn1. The van der Waals surface area contributed by atoms with Crippen LogP contribution in [0.5, 0.6) is 0 Å². The van der Waals surface area contributed by atoms with E-state index in [1.54, 1.807) is 25.3 Å². The van der Waals surface area contributed by atoms with Crippen molar-refractivity contribution in [3.63, 3.8) is 0 Å². The first kappa shape index (κ1) is 14.1. The first-order valence-electron chi connectivity index (χ1n) is 5.72. The Kier molecular flexibility index (Phi) is 5.26. The molecule has 0 bridgehead atoms. The topological polar surface area (TPSA) is 91.3 Å². The van der Waals surface area contributed by atoms with E-state index in [0.29, 0.717) is 12.2 Å². The molecule has 2 amide bonds. The summed E-state index contributed by atoms with van der Waals surface area (Å²) in [5.74, 6) is -1.24. The van der Waals surface area contributed by atoms with E-state index in [1.807, 2.05) is 6.92 Å². The van der Waals surface area contributed by atoms with E-state index >= 15 is 0 Å². The van der Waals surface area contributed by atoms with Gasteiger partial charge in [-0.2, -0.15) is 0 Å². The van der Waals surface area contributed by atoms with Crippen LogP contribution < -0.4 is 10.6 Å². The van der Waals surface area contributed by atoms with E-state index in [0.717, 1.165) is 5.56 Å². The van der Waals surface area contributed by atoms with Gasteiger partial charge in [0.1, 0.15) is 5.82 Å². The Bertz CT molecular complexity index is 430. The first-order chi connectivity index (χ1) is 8.56. The Morgan fingerprint density at radius 2 is 2.17 bits per heavy atom. The lowest BCUT2D eigenvalue weighted by Crippen LogP contribution is -2.43. The quantitative estimate of drug-likeness (QED) is 0.667. The highest BCUT2D eigenvalue weighted by atomic mass is 16.3. The predicted molar refractivity (Wildman–Crippen MR) is 66.9 cm³/mol. The average molecular weight is 251 g/mol. The van der Waals surface area contributed by atoms with Gasteiger partial charge in [0.15, 0.2) is 0 Å². The maximum absolute atomic E-state index is 11.5. The molecule has 0 saturated carbocycles. The molecule has 0 aliphatic heterocycles. The van der Waals surface area contributed by atoms with E-state index < -0.39 is 17.9 Å². The van der Waals surface area contributed by atoms with Gasteiger partial charge >= 0.3 is 11.8 Å². The van der Waals surface area contributed by atoms with Gasteiger partial charge in [0.05, 0.1) is 12.6 Å². The molecule has 1 aromatic rings. The van der Waals surface area contributed by atoms with Crippen LogP contribution in [0.1, 0.15) is 18.9 Å². The Balaban J connectivity index is 2.57. The third kappa shape index (κ3) is 4.14. The predicted octanol–water partition coefficient (Wildman–Crippen LogP) is 0.216. The van der Waals surface area contributed by atoms with Gasteiger partial charge in [-0.15, -0.1) is 0 Å². The van der Waals surface area contributed by atoms with Gasteiger partial charge < -0.3 is 15.7 Å². The summed E-state index contributed by atoms with van der Waals surface area (Å²) in [5.41, 5.74) is 0.933. The Labute approximate surface area is 105 Å². The second-order valence-electron chi connectivity index (χ2n) is 3.93. The fourth-order valence-electron chi connectivity index (χ4n) is 1.31. The van der Waals surface area contributed by atoms with Crippen molar-refractivity contribution in [3.05, 3.63) is 23.9 Å². The molecular weight excluding hydrogens is 234 g/mol. The number of hydrogen-bond donors (Lipinski definition) is 3. The molecule has 6 heteroatoms. The highest BCUT2D eigenvalue weighted by molar-refractivity contribution is 6.39. The van der Waals surface area contributed by atoms with Crippen molar-refractivity contribution in [1.82, 2.24) is 10.3 Å². The molecule has 18 heavy (non-hydrogen) atoms. The number of nitrogens with one attached hydrogen (secondary N) is 2. The first-order valence-corrected chi connectivity index (χ1v) is 5.72. The summed E-state index contributed by atoms with van der Waals surface area (Å²) < 4.78 is 0. The van der Waals surface area contributed by atoms with E-state index in [1.165, 1.54) is 0 Å². The molecule has 1 heterocycles. The largest absolute Gasteiger partial charge is 0.394 e. The maximum Gasteiger partial charge on any atom is 0.314 e. The number of aliphatic hydroxyl groups excluding tert-OH is 1. The van der Waals surface area contributed by atoms with Crippen LogP contribution in [-0.2, 0) is 9.59 Å². The lowest BCUT2D eigenvalue weighted by atomic mass is 10.2. The van der Waals surface area contributed by atoms with Gasteiger partial charge in [0.2, 0.25) is 0 Å². The molecule has 0 saturated heterocycles. The minimum Gasteiger partial charge on any atom is -0.394 e. The number of pyridine rings is 1. The summed E-state index contributed by atoms with van der Waals surface area (Å²) in [4.78, 5) is 27.0. The van der Waals surface area contributed by atoms with E-state index in [2.05, 4.69) is 15.6 Å². The number of nitrogens with zero attached hydrogens (tertiary/aromatic N) is 1. The number of amides is 2. The van der Waals surface area contributed by atoms with E-state index in [4.69, 9.17) is 5.11 Å². The van der Waals surface area contributed by atoms with Crippen LogP contribution in [0.15, 0.2) is 18.3 Å². The molecule has 6 nitrogen and oxygen atoms in total. The van der Waals surface area contributed by atoms with Gasteiger partial charge in [0.25, 0.3) is 0 Å². The number of carbonyl (C=O) groups is 2. The van der Waals surface area contributed by atoms with Crippen LogP contribution in [-0.4, -0.2) is 34.6 Å². The van der Waals surface area contributed by atoms with Crippen molar-refractivity contribution in [2.24, 2.45) is 0 Å². The molecule has 0 spiro atoms. The number of anilines is 1. The van der Waals surface area contributed by atoms with Crippen molar-refractivity contribution in [1.29, 1.82) is 0 Å². The molecule has 1 unspecified atom stereocenters. The lowest BCUT2D eigenvalue weighted by Gasteiger charge is -2.13. The van der Waals surface area contributed by atoms with Crippen molar-refractivity contribution >= 4 is 17.6 Å². The Morgan fingerprint density at radius 1 is 1.44 bits per heavy atom. The Morgan fingerprint density at radius 3 is 2.72 bits per heavy atom. The van der Waals surface area contributed by atoms with Crippen LogP contribution in [0.3, 0.4) is 0 Å². The number of hydrogen-bond acceptors (Lipinski definition) is 4. The third-order valence-corrected chi connectivity index (χ3v) is 2.41. The van der Waals surface area contributed by atoms with E-state index in [-0.39, 0.29) is 6.61 Å². The standard InChI is InChI=1S/C12H17N3O3/c1-3-9(7-16)14-11(17)12(18)15-10-6-8(2)4-5-13-10/h4-6,9,16H,3,7H2,1-2H3,(H,14,17)(H,13,15,18). The summed E-state index contributed by atoms with van der Waals surface area (Å²) in [7, 11) is 0. The number of aliphatic hydroxyl groups is 1. The zero-order chi connectivity index (χ0) is 13.5. The Hall–Kier alpha value is -1.95. The molecule has 3 N–H and O–H groups in total. The van der Waals surface area contributed by atoms with Gasteiger partial charge in [-0.05, 0) is 31.0 Å². The van der Waals surface area contributed by atoms with Gasteiger partial charge in [-0.25, -0.2) is 4.98 Å². The molecule has 1 atom stereocenters. The monoisotopic (exact) mass is 251 g/mol. The molecule has 1 aromatic heterocycles. The average Bonchev–Trinajstić information content (AvgIpc) is 2.35. The number of rotatable bonds is 4. The van der Waals surface area contributed by atoms with Gasteiger partial charge in [-0.3, -0.25) is 9.59 Å². The second kappa shape index (κ2) is 6.70. The summed E-state index contributed by atoms with van der Waals surface area (Å²) in [6.45, 7) is 3.47. The van der Waals surface area contributed by atoms with Crippen LogP contribution in [0.2, 0.25) is 0 Å². The summed E-state index contributed by atoms with van der Waals surface area (Å²) in [6.07, 6.45) is 2.10. The number of carbonyl (C=O) groups excluding carboxylic acids is 2. The second-order valence-corrected chi connectivity index (χ2v) is 3.93. The maximum atomic E-state index is 11.5. The number of aromatic nitrogens is 1. The molecule has 0 aliphatic carbocycles. The molecule has 0 radical (unpaired) electrons. The minimum atomic E-state index is -0.792. The smallest absolute Gasteiger partial charge is 0.314 e. The van der Waals surface area contributed by atoms with Crippen molar-refractivity contribution < 1.29 is 14.7 Å². The van der Waals surface area contributed by atoms with Crippen LogP contribution in [0, 0.1) is 6.92 Å². The zero-order valence-electron chi connectivity index (χ0n) is 10.4. The fraction of sp³-hybridized carbons (Fsp3) is 0.417. The third-order valence-electron chi connectivity index (χ3n) is 2.41. The minimum absolute atomic E-state index is 0.196. The highest BCUT2D eigenvalue weighted by Gasteiger charge is 2.17. The fourth-order valence-corrected chi connectivity index (χ4v) is 1.31. The van der Waals surface area contributed by atoms with Crippen LogP contribution >= 0.6 is 0 Å².